The summed E-state index contributed by atoms with van der Waals surface area (Å²) in [6, 6.07) is 0.280. The number of hydrogen-bond donors (Lipinski definition) is 1. The van der Waals surface area contributed by atoms with E-state index in [1.807, 2.05) is 13.8 Å². The lowest BCUT2D eigenvalue weighted by molar-refractivity contribution is -0.0639. The van der Waals surface area contributed by atoms with Crippen LogP contribution in [0.5, 0.6) is 0 Å². The minimum Gasteiger partial charge on any atom is -0.389 e. The smallest absolute Gasteiger partial charge is 0.0743 e. The quantitative estimate of drug-likeness (QED) is 0.724. The van der Waals surface area contributed by atoms with Crippen LogP contribution < -0.4 is 0 Å². The van der Waals surface area contributed by atoms with Crippen LogP contribution >= 0.6 is 0 Å². The average molecular weight is 185 g/mol. The Hall–Kier alpha value is -0.0800. The fraction of sp³-hybridized carbons (Fsp3) is 1.00. The molecular weight excluding hydrogens is 162 g/mol. The summed E-state index contributed by atoms with van der Waals surface area (Å²) in [6.07, 6.45) is 0. The van der Waals surface area contributed by atoms with Crippen LogP contribution in [0.1, 0.15) is 34.6 Å². The predicted octanol–water partition coefficient (Wildman–Crippen LogP) is 1.73. The molecule has 1 atom stereocenters. The molecule has 1 heterocycles. The van der Waals surface area contributed by atoms with Crippen LogP contribution in [-0.4, -0.2) is 34.7 Å². The van der Waals surface area contributed by atoms with Crippen LogP contribution in [0.2, 0.25) is 0 Å². The van der Waals surface area contributed by atoms with Crippen molar-refractivity contribution in [2.75, 3.05) is 13.1 Å². The minimum atomic E-state index is -0.568. The predicted molar refractivity (Wildman–Crippen MR) is 55.7 cm³/mol. The molecule has 0 bridgehead atoms. The van der Waals surface area contributed by atoms with E-state index in [2.05, 4.69) is 25.7 Å². The molecule has 1 unspecified atom stereocenters. The van der Waals surface area contributed by atoms with Crippen LogP contribution in [-0.2, 0) is 0 Å². The van der Waals surface area contributed by atoms with Gasteiger partial charge in [-0.25, -0.2) is 0 Å². The SMILES string of the molecule is CC(C)C1CN(C(C)C(C)(C)O)C1. The third kappa shape index (κ3) is 2.44. The molecule has 0 aromatic heterocycles. The Morgan fingerprint density at radius 1 is 1.23 bits per heavy atom. The Morgan fingerprint density at radius 2 is 1.69 bits per heavy atom. The van der Waals surface area contributed by atoms with E-state index in [9.17, 15) is 5.11 Å². The van der Waals surface area contributed by atoms with Crippen molar-refractivity contribution in [3.8, 4) is 0 Å². The van der Waals surface area contributed by atoms with Crippen molar-refractivity contribution in [1.29, 1.82) is 0 Å². The fourth-order valence-electron chi connectivity index (χ4n) is 1.73. The summed E-state index contributed by atoms with van der Waals surface area (Å²) in [4.78, 5) is 2.37. The van der Waals surface area contributed by atoms with Crippen LogP contribution in [0.15, 0.2) is 0 Å². The standard InChI is InChI=1S/C11H23NO/c1-8(2)10-6-12(7-10)9(3)11(4,5)13/h8-10,13H,6-7H2,1-5H3. The van der Waals surface area contributed by atoms with Gasteiger partial charge in [-0.05, 0) is 32.6 Å². The topological polar surface area (TPSA) is 23.5 Å². The summed E-state index contributed by atoms with van der Waals surface area (Å²) < 4.78 is 0. The first kappa shape index (κ1) is 11.0. The van der Waals surface area contributed by atoms with Gasteiger partial charge in [-0.15, -0.1) is 0 Å². The van der Waals surface area contributed by atoms with E-state index in [1.165, 1.54) is 0 Å². The highest BCUT2D eigenvalue weighted by Gasteiger charge is 2.37. The highest BCUT2D eigenvalue weighted by atomic mass is 16.3. The first-order chi connectivity index (χ1) is 5.82. The molecule has 0 amide bonds. The van der Waals surface area contributed by atoms with E-state index in [0.717, 1.165) is 24.9 Å². The van der Waals surface area contributed by atoms with Crippen LogP contribution in [0.25, 0.3) is 0 Å². The molecule has 1 fully saturated rings. The van der Waals surface area contributed by atoms with Crippen molar-refractivity contribution < 1.29 is 5.11 Å². The molecule has 0 aliphatic carbocycles. The molecule has 1 N–H and O–H groups in total. The molecule has 0 aromatic rings. The average Bonchev–Trinajstić information content (AvgIpc) is 1.80. The molecule has 1 rings (SSSR count). The van der Waals surface area contributed by atoms with Crippen LogP contribution in [0.3, 0.4) is 0 Å². The van der Waals surface area contributed by atoms with Gasteiger partial charge in [0.15, 0.2) is 0 Å². The lowest BCUT2D eigenvalue weighted by Gasteiger charge is -2.48. The summed E-state index contributed by atoms with van der Waals surface area (Å²) in [5, 5.41) is 9.80. The van der Waals surface area contributed by atoms with Crippen molar-refractivity contribution in [1.82, 2.24) is 4.90 Å². The molecule has 0 aromatic carbocycles. The molecule has 0 saturated carbocycles. The molecule has 1 saturated heterocycles. The maximum Gasteiger partial charge on any atom is 0.0743 e. The molecule has 2 nitrogen and oxygen atoms in total. The summed E-state index contributed by atoms with van der Waals surface area (Å²) in [7, 11) is 0. The molecule has 13 heavy (non-hydrogen) atoms. The molecule has 1 aliphatic rings. The second kappa shape index (κ2) is 3.58. The molecule has 2 heteroatoms. The second-order valence-corrected chi connectivity index (χ2v) is 5.29. The van der Waals surface area contributed by atoms with E-state index in [0.29, 0.717) is 0 Å². The van der Waals surface area contributed by atoms with Crippen LogP contribution in [0.4, 0.5) is 0 Å². The van der Waals surface area contributed by atoms with Gasteiger partial charge in [0.05, 0.1) is 5.60 Å². The third-order valence-electron chi connectivity index (χ3n) is 3.45. The zero-order valence-electron chi connectivity index (χ0n) is 9.54. The Morgan fingerprint density at radius 3 is 2.00 bits per heavy atom. The summed E-state index contributed by atoms with van der Waals surface area (Å²) in [5.41, 5.74) is -0.568. The van der Waals surface area contributed by atoms with Gasteiger partial charge in [-0.1, -0.05) is 13.8 Å². The number of likely N-dealkylation sites (tertiary alicyclic amines) is 1. The van der Waals surface area contributed by atoms with Crippen molar-refractivity contribution in [3.63, 3.8) is 0 Å². The van der Waals surface area contributed by atoms with Crippen molar-refractivity contribution in [2.24, 2.45) is 11.8 Å². The Labute approximate surface area is 81.9 Å². The van der Waals surface area contributed by atoms with Gasteiger partial charge in [0.1, 0.15) is 0 Å². The van der Waals surface area contributed by atoms with Crippen molar-refractivity contribution >= 4 is 0 Å². The Bertz CT molecular complexity index is 165. The van der Waals surface area contributed by atoms with Gasteiger partial charge < -0.3 is 5.11 Å². The molecule has 1 aliphatic heterocycles. The molecule has 0 spiro atoms. The molecule has 0 radical (unpaired) electrons. The lowest BCUT2D eigenvalue weighted by Crippen LogP contribution is -2.58. The first-order valence-corrected chi connectivity index (χ1v) is 5.28. The highest BCUT2D eigenvalue weighted by molar-refractivity contribution is 4.91. The first-order valence-electron chi connectivity index (χ1n) is 5.28. The normalized spacial score (nSPS) is 23.3. The highest BCUT2D eigenvalue weighted by Crippen LogP contribution is 2.28. The summed E-state index contributed by atoms with van der Waals surface area (Å²) >= 11 is 0. The zero-order valence-corrected chi connectivity index (χ0v) is 9.54. The van der Waals surface area contributed by atoms with E-state index in [4.69, 9.17) is 0 Å². The number of nitrogens with zero attached hydrogens (tertiary/aromatic N) is 1. The largest absolute Gasteiger partial charge is 0.389 e. The molecule has 78 valence electrons. The minimum absolute atomic E-state index is 0.280. The Balaban J connectivity index is 2.35. The number of rotatable bonds is 3. The number of aliphatic hydroxyl groups is 1. The maximum atomic E-state index is 9.80. The fourth-order valence-corrected chi connectivity index (χ4v) is 1.73. The monoisotopic (exact) mass is 185 g/mol. The van der Waals surface area contributed by atoms with Crippen LogP contribution in [0, 0.1) is 11.8 Å². The van der Waals surface area contributed by atoms with Crippen molar-refractivity contribution in [2.45, 2.75) is 46.3 Å². The van der Waals surface area contributed by atoms with Gasteiger partial charge in [0.2, 0.25) is 0 Å². The van der Waals surface area contributed by atoms with Gasteiger partial charge in [0.25, 0.3) is 0 Å². The Kier molecular flexibility index (Phi) is 3.03. The maximum absolute atomic E-state index is 9.80. The van der Waals surface area contributed by atoms with Gasteiger partial charge in [-0.2, -0.15) is 0 Å². The van der Waals surface area contributed by atoms with E-state index in [1.54, 1.807) is 0 Å². The van der Waals surface area contributed by atoms with Gasteiger partial charge in [-0.3, -0.25) is 4.90 Å². The van der Waals surface area contributed by atoms with E-state index >= 15 is 0 Å². The zero-order chi connectivity index (χ0) is 10.2. The summed E-state index contributed by atoms with van der Waals surface area (Å²) in [6.45, 7) is 12.7. The molecular formula is C11H23NO. The van der Waals surface area contributed by atoms with Gasteiger partial charge >= 0.3 is 0 Å². The van der Waals surface area contributed by atoms with Crippen molar-refractivity contribution in [3.05, 3.63) is 0 Å². The van der Waals surface area contributed by atoms with E-state index in [-0.39, 0.29) is 6.04 Å². The van der Waals surface area contributed by atoms with E-state index < -0.39 is 5.60 Å². The lowest BCUT2D eigenvalue weighted by atomic mass is 9.85. The third-order valence-corrected chi connectivity index (χ3v) is 3.45. The number of hydrogen-bond acceptors (Lipinski definition) is 2. The second-order valence-electron chi connectivity index (χ2n) is 5.29. The summed E-state index contributed by atoms with van der Waals surface area (Å²) in [5.74, 6) is 1.62. The van der Waals surface area contributed by atoms with Gasteiger partial charge in [0, 0.05) is 19.1 Å².